The molecule has 0 spiro atoms. The van der Waals surface area contributed by atoms with Gasteiger partial charge in [-0.15, -0.1) is 0 Å². The van der Waals surface area contributed by atoms with Crippen LogP contribution in [0.25, 0.3) is 16.5 Å². The third kappa shape index (κ3) is 2.98. The number of tetrazole rings is 1. The summed E-state index contributed by atoms with van der Waals surface area (Å²) in [5.74, 6) is 1.17. The number of methoxy groups -OCH3 is 1. The maximum Gasteiger partial charge on any atom is 0.268 e. The summed E-state index contributed by atoms with van der Waals surface area (Å²) in [5, 5.41) is 18.2. The van der Waals surface area contributed by atoms with Crippen LogP contribution < -0.4 is 10.2 Å². The second-order valence-electron chi connectivity index (χ2n) is 5.52. The van der Waals surface area contributed by atoms with Gasteiger partial charge < -0.3 is 4.74 Å². The largest absolute Gasteiger partial charge is 0.496 e. The number of hydrogen-bond donors (Lipinski definition) is 1. The van der Waals surface area contributed by atoms with Crippen molar-refractivity contribution in [3.05, 3.63) is 72.3 Å². The summed E-state index contributed by atoms with van der Waals surface area (Å²) < 4.78 is 7.05. The number of ether oxygens (including phenoxy) is 1. The Morgan fingerprint density at radius 3 is 2.65 bits per heavy atom. The average Bonchev–Trinajstić information content (AvgIpc) is 3.17. The van der Waals surface area contributed by atoms with E-state index in [9.17, 15) is 0 Å². The van der Waals surface area contributed by atoms with E-state index >= 15 is 0 Å². The minimum absolute atomic E-state index is 0.423. The second-order valence-corrected chi connectivity index (χ2v) is 5.52. The van der Waals surface area contributed by atoms with Gasteiger partial charge in [-0.2, -0.15) is 9.78 Å². The van der Waals surface area contributed by atoms with Crippen molar-refractivity contribution >= 4 is 22.9 Å². The number of hydrogen-bond acceptors (Lipinski definition) is 6. The topological polar surface area (TPSA) is 77.2 Å². The first-order chi connectivity index (χ1) is 12.9. The van der Waals surface area contributed by atoms with Gasteiger partial charge in [0.05, 0.1) is 19.0 Å². The van der Waals surface area contributed by atoms with E-state index in [2.05, 4.69) is 32.1 Å². The Balaban J connectivity index is 1.65. The molecule has 0 bridgehead atoms. The molecule has 0 unspecified atom stereocenters. The minimum Gasteiger partial charge on any atom is -0.496 e. The highest BCUT2D eigenvalue weighted by Gasteiger charge is 2.08. The molecule has 1 aromatic heterocycles. The summed E-state index contributed by atoms with van der Waals surface area (Å²) in [6.07, 6.45) is 1.71. The molecule has 1 heterocycles. The minimum atomic E-state index is 0.423. The summed E-state index contributed by atoms with van der Waals surface area (Å²) in [6, 6.07) is 21.6. The molecule has 0 radical (unpaired) electrons. The molecule has 0 fully saturated rings. The standard InChI is InChI=1S/C19H16N6O/c1-26-18-12-11-14-7-5-6-10-16(14)17(18)13-20-21-19-22-23-24-25(19)15-8-3-2-4-9-15/h2-13H,1H3,(H,21,22,24)/b20-13+. The summed E-state index contributed by atoms with van der Waals surface area (Å²) in [4.78, 5) is 0. The van der Waals surface area contributed by atoms with E-state index in [0.29, 0.717) is 5.95 Å². The Bertz CT molecular complexity index is 1060. The van der Waals surface area contributed by atoms with E-state index in [1.807, 2.05) is 60.7 Å². The number of nitrogens with one attached hydrogen (secondary N) is 1. The summed E-state index contributed by atoms with van der Waals surface area (Å²) in [6.45, 7) is 0. The van der Waals surface area contributed by atoms with E-state index in [4.69, 9.17) is 4.74 Å². The van der Waals surface area contributed by atoms with E-state index < -0.39 is 0 Å². The number of hydrazone groups is 1. The molecule has 26 heavy (non-hydrogen) atoms. The van der Waals surface area contributed by atoms with Crippen molar-refractivity contribution in [2.75, 3.05) is 12.5 Å². The van der Waals surface area contributed by atoms with Crippen LogP contribution in [0.4, 0.5) is 5.95 Å². The van der Waals surface area contributed by atoms with E-state index in [1.165, 1.54) is 0 Å². The van der Waals surface area contributed by atoms with Gasteiger partial charge in [0.1, 0.15) is 5.75 Å². The number of para-hydroxylation sites is 1. The van der Waals surface area contributed by atoms with Gasteiger partial charge in [0.15, 0.2) is 0 Å². The van der Waals surface area contributed by atoms with Crippen LogP contribution in [-0.2, 0) is 0 Å². The zero-order valence-corrected chi connectivity index (χ0v) is 14.1. The van der Waals surface area contributed by atoms with Crippen LogP contribution >= 0.6 is 0 Å². The van der Waals surface area contributed by atoms with Crippen molar-refractivity contribution in [1.82, 2.24) is 20.2 Å². The first kappa shape index (κ1) is 15.8. The molecule has 0 saturated carbocycles. The lowest BCUT2D eigenvalue weighted by Gasteiger charge is -2.08. The molecular weight excluding hydrogens is 328 g/mol. The van der Waals surface area contributed by atoms with E-state index in [-0.39, 0.29) is 0 Å². The van der Waals surface area contributed by atoms with Crippen molar-refractivity contribution in [2.24, 2.45) is 5.10 Å². The molecule has 0 aliphatic heterocycles. The first-order valence-corrected chi connectivity index (χ1v) is 8.05. The quantitative estimate of drug-likeness (QED) is 0.444. The monoisotopic (exact) mass is 344 g/mol. The molecule has 4 rings (SSSR count). The Hall–Kier alpha value is -3.74. The molecule has 128 valence electrons. The molecule has 4 aromatic rings. The molecule has 0 saturated heterocycles. The molecule has 0 atom stereocenters. The van der Waals surface area contributed by atoms with Crippen molar-refractivity contribution in [3.63, 3.8) is 0 Å². The van der Waals surface area contributed by atoms with Gasteiger partial charge in [-0.1, -0.05) is 53.6 Å². The van der Waals surface area contributed by atoms with Gasteiger partial charge in [-0.05, 0) is 39.4 Å². The van der Waals surface area contributed by atoms with Gasteiger partial charge in [0.25, 0.3) is 5.95 Å². The Morgan fingerprint density at radius 2 is 1.81 bits per heavy atom. The lowest BCUT2D eigenvalue weighted by atomic mass is 10.0. The van der Waals surface area contributed by atoms with Gasteiger partial charge in [-0.3, -0.25) is 0 Å². The van der Waals surface area contributed by atoms with Crippen LogP contribution in [-0.4, -0.2) is 33.5 Å². The summed E-state index contributed by atoms with van der Waals surface area (Å²) in [7, 11) is 1.64. The average molecular weight is 344 g/mol. The van der Waals surface area contributed by atoms with Gasteiger partial charge in [0, 0.05) is 5.56 Å². The van der Waals surface area contributed by atoms with Crippen LogP contribution in [0.3, 0.4) is 0 Å². The van der Waals surface area contributed by atoms with Crippen molar-refractivity contribution < 1.29 is 4.74 Å². The number of nitrogens with zero attached hydrogens (tertiary/aromatic N) is 5. The Labute approximate surface area is 149 Å². The van der Waals surface area contributed by atoms with Crippen LogP contribution in [0.15, 0.2) is 71.8 Å². The predicted molar refractivity (Wildman–Crippen MR) is 101 cm³/mol. The fourth-order valence-electron chi connectivity index (χ4n) is 2.74. The normalized spacial score (nSPS) is 11.1. The lowest BCUT2D eigenvalue weighted by Crippen LogP contribution is -2.03. The highest BCUT2D eigenvalue weighted by molar-refractivity contribution is 6.02. The van der Waals surface area contributed by atoms with Crippen LogP contribution in [0.2, 0.25) is 0 Å². The summed E-state index contributed by atoms with van der Waals surface area (Å²) >= 11 is 0. The lowest BCUT2D eigenvalue weighted by molar-refractivity contribution is 0.415. The Morgan fingerprint density at radius 1 is 1.00 bits per heavy atom. The predicted octanol–water partition coefficient (Wildman–Crippen LogP) is 3.27. The molecule has 0 aliphatic rings. The van der Waals surface area contributed by atoms with Gasteiger partial charge in [0.2, 0.25) is 0 Å². The van der Waals surface area contributed by atoms with Gasteiger partial charge >= 0.3 is 0 Å². The number of aromatic nitrogens is 4. The first-order valence-electron chi connectivity index (χ1n) is 8.05. The summed E-state index contributed by atoms with van der Waals surface area (Å²) in [5.41, 5.74) is 4.63. The highest BCUT2D eigenvalue weighted by Crippen LogP contribution is 2.26. The maximum absolute atomic E-state index is 5.47. The number of rotatable bonds is 5. The van der Waals surface area contributed by atoms with Crippen molar-refractivity contribution in [2.45, 2.75) is 0 Å². The van der Waals surface area contributed by atoms with Crippen LogP contribution in [0.1, 0.15) is 5.56 Å². The third-order valence-corrected chi connectivity index (χ3v) is 3.98. The number of fused-ring (bicyclic) bond motifs is 1. The fraction of sp³-hybridized carbons (Fsp3) is 0.0526. The zero-order chi connectivity index (χ0) is 17.8. The Kier molecular flexibility index (Phi) is 4.26. The molecule has 0 aliphatic carbocycles. The third-order valence-electron chi connectivity index (χ3n) is 3.98. The molecule has 1 N–H and O–H groups in total. The maximum atomic E-state index is 5.47. The fourth-order valence-corrected chi connectivity index (χ4v) is 2.74. The number of benzene rings is 3. The molecule has 7 heteroatoms. The van der Waals surface area contributed by atoms with Gasteiger partial charge in [-0.25, -0.2) is 5.43 Å². The SMILES string of the molecule is COc1ccc2ccccc2c1/C=N/Nc1nnnn1-c1ccccc1. The van der Waals surface area contributed by atoms with Crippen LogP contribution in [0, 0.1) is 0 Å². The van der Waals surface area contributed by atoms with Crippen molar-refractivity contribution in [3.8, 4) is 11.4 Å². The van der Waals surface area contributed by atoms with Crippen molar-refractivity contribution in [1.29, 1.82) is 0 Å². The molecule has 7 nitrogen and oxygen atoms in total. The molecular formula is C19H16N6O. The van der Waals surface area contributed by atoms with E-state index in [1.54, 1.807) is 18.0 Å². The van der Waals surface area contributed by atoms with E-state index in [0.717, 1.165) is 27.8 Å². The smallest absolute Gasteiger partial charge is 0.268 e. The molecule has 0 amide bonds. The highest BCUT2D eigenvalue weighted by atomic mass is 16.5. The second kappa shape index (κ2) is 7.02. The molecule has 3 aromatic carbocycles. The van der Waals surface area contributed by atoms with Crippen LogP contribution in [0.5, 0.6) is 5.75 Å². The zero-order valence-electron chi connectivity index (χ0n) is 14.1. The number of anilines is 1.